The number of fused-ring (bicyclic) bond motifs is 3. The number of hydrogen-bond acceptors (Lipinski definition) is 7. The van der Waals surface area contributed by atoms with Crippen LogP contribution in [0.2, 0.25) is 0 Å². The van der Waals surface area contributed by atoms with Gasteiger partial charge >= 0.3 is 0 Å². The molecule has 0 unspecified atom stereocenters. The lowest BCUT2D eigenvalue weighted by atomic mass is 9.89. The molecular weight excluding hydrogens is 442 g/mol. The van der Waals surface area contributed by atoms with Crippen LogP contribution in [0.25, 0.3) is 10.2 Å². The third kappa shape index (κ3) is 4.71. The molecule has 32 heavy (non-hydrogen) atoms. The van der Waals surface area contributed by atoms with Crippen LogP contribution in [0.4, 0.5) is 5.69 Å². The number of amides is 1. The average Bonchev–Trinajstić information content (AvgIpc) is 3.15. The van der Waals surface area contributed by atoms with Crippen LogP contribution >= 0.6 is 23.1 Å². The van der Waals surface area contributed by atoms with Gasteiger partial charge in [-0.1, -0.05) is 32.5 Å². The Labute approximate surface area is 197 Å². The van der Waals surface area contributed by atoms with Gasteiger partial charge in [-0.3, -0.25) is 4.79 Å². The van der Waals surface area contributed by atoms with E-state index in [-0.39, 0.29) is 17.6 Å². The van der Waals surface area contributed by atoms with E-state index in [1.807, 2.05) is 0 Å². The number of thioether (sulfide) groups is 1. The minimum absolute atomic E-state index is 0.103. The zero-order chi connectivity index (χ0) is 22.8. The van der Waals surface area contributed by atoms with Crippen molar-refractivity contribution in [3.8, 4) is 11.5 Å². The van der Waals surface area contributed by atoms with Gasteiger partial charge in [0.15, 0.2) is 0 Å². The standard InChI is InChI=1S/C24H29N3O3S2/c1-13(2)22-26-23(21-16-8-6-14(3)10-19(16)32-24(21)27-22)31-12-20(28)25-17-9-7-15(29-4)11-18(17)30-5/h7,9,11,13-14H,6,8,10,12H2,1-5H3,(H,25,28)/t14-/m1/s1. The van der Waals surface area contributed by atoms with E-state index in [0.29, 0.717) is 23.1 Å². The molecule has 8 heteroatoms. The van der Waals surface area contributed by atoms with E-state index < -0.39 is 0 Å². The van der Waals surface area contributed by atoms with Crippen LogP contribution in [0.5, 0.6) is 11.5 Å². The van der Waals surface area contributed by atoms with Gasteiger partial charge in [-0.2, -0.15) is 0 Å². The van der Waals surface area contributed by atoms with Crippen molar-refractivity contribution < 1.29 is 14.3 Å². The maximum atomic E-state index is 12.8. The summed E-state index contributed by atoms with van der Waals surface area (Å²) in [4.78, 5) is 25.0. The minimum atomic E-state index is -0.103. The summed E-state index contributed by atoms with van der Waals surface area (Å²) in [5.74, 6) is 3.17. The molecule has 1 aliphatic rings. The fourth-order valence-corrected chi connectivity index (χ4v) is 6.23. The maximum absolute atomic E-state index is 12.8. The third-order valence-corrected chi connectivity index (χ3v) is 7.80. The second-order valence-electron chi connectivity index (χ2n) is 8.48. The number of carbonyl (C=O) groups is 1. The summed E-state index contributed by atoms with van der Waals surface area (Å²) >= 11 is 3.29. The molecule has 1 atom stereocenters. The molecule has 3 aromatic rings. The molecule has 4 rings (SSSR count). The number of carbonyl (C=O) groups excluding carboxylic acids is 1. The second-order valence-corrected chi connectivity index (χ2v) is 10.5. The van der Waals surface area contributed by atoms with Crippen LogP contribution in [-0.4, -0.2) is 35.8 Å². The number of methoxy groups -OCH3 is 2. The molecule has 0 fully saturated rings. The smallest absolute Gasteiger partial charge is 0.234 e. The summed E-state index contributed by atoms with van der Waals surface area (Å²) in [6.07, 6.45) is 3.35. The molecule has 0 radical (unpaired) electrons. The fraction of sp³-hybridized carbons (Fsp3) is 0.458. The number of rotatable bonds is 7. The Bertz CT molecular complexity index is 1140. The van der Waals surface area contributed by atoms with Gasteiger partial charge in [-0.15, -0.1) is 11.3 Å². The monoisotopic (exact) mass is 471 g/mol. The van der Waals surface area contributed by atoms with E-state index in [4.69, 9.17) is 19.4 Å². The summed E-state index contributed by atoms with van der Waals surface area (Å²) in [6, 6.07) is 5.34. The third-order valence-electron chi connectivity index (χ3n) is 5.68. The predicted molar refractivity (Wildman–Crippen MR) is 132 cm³/mol. The van der Waals surface area contributed by atoms with Crippen molar-refractivity contribution in [2.45, 2.75) is 51.0 Å². The molecule has 0 aliphatic heterocycles. The number of anilines is 1. The summed E-state index contributed by atoms with van der Waals surface area (Å²) in [5.41, 5.74) is 2.01. The Morgan fingerprint density at radius 2 is 2.09 bits per heavy atom. The summed E-state index contributed by atoms with van der Waals surface area (Å²) in [7, 11) is 3.17. The van der Waals surface area contributed by atoms with Gasteiger partial charge in [-0.05, 0) is 42.9 Å². The van der Waals surface area contributed by atoms with Crippen LogP contribution < -0.4 is 14.8 Å². The Hall–Kier alpha value is -2.32. The first-order valence-corrected chi connectivity index (χ1v) is 12.7. The Morgan fingerprint density at radius 1 is 1.28 bits per heavy atom. The van der Waals surface area contributed by atoms with E-state index in [2.05, 4.69) is 26.1 Å². The molecule has 170 valence electrons. The molecule has 0 saturated heterocycles. The average molecular weight is 472 g/mol. The first-order valence-electron chi connectivity index (χ1n) is 10.9. The second kappa shape index (κ2) is 9.67. The van der Waals surface area contributed by atoms with Gasteiger partial charge < -0.3 is 14.8 Å². The lowest BCUT2D eigenvalue weighted by Crippen LogP contribution is -2.15. The molecule has 1 N–H and O–H groups in total. The highest BCUT2D eigenvalue weighted by Crippen LogP contribution is 2.41. The number of hydrogen-bond donors (Lipinski definition) is 1. The molecule has 6 nitrogen and oxygen atoms in total. The minimum Gasteiger partial charge on any atom is -0.497 e. The van der Waals surface area contributed by atoms with Gasteiger partial charge in [0.25, 0.3) is 0 Å². The molecular formula is C24H29N3O3S2. The number of aryl methyl sites for hydroxylation is 1. The SMILES string of the molecule is COc1ccc(NC(=O)CSc2nc(C(C)C)nc3sc4c(c23)CC[C@@H](C)C4)c(OC)c1. The predicted octanol–water partition coefficient (Wildman–Crippen LogP) is 5.69. The normalized spacial score (nSPS) is 15.6. The zero-order valence-electron chi connectivity index (χ0n) is 19.2. The number of ether oxygens (including phenoxy) is 2. The van der Waals surface area contributed by atoms with Crippen molar-refractivity contribution >= 4 is 44.9 Å². The molecule has 1 amide bonds. The first kappa shape index (κ1) is 22.9. The fourth-order valence-electron chi connectivity index (χ4n) is 3.91. The van der Waals surface area contributed by atoms with Gasteiger partial charge in [0, 0.05) is 22.2 Å². The van der Waals surface area contributed by atoms with E-state index in [1.165, 1.54) is 28.6 Å². The topological polar surface area (TPSA) is 73.3 Å². The molecule has 1 aliphatic carbocycles. The highest BCUT2D eigenvalue weighted by Gasteiger charge is 2.25. The van der Waals surface area contributed by atoms with Crippen molar-refractivity contribution in [2.24, 2.45) is 5.92 Å². The van der Waals surface area contributed by atoms with Crippen molar-refractivity contribution in [2.75, 3.05) is 25.3 Å². The lowest BCUT2D eigenvalue weighted by Gasteiger charge is -2.18. The number of aromatic nitrogens is 2. The van der Waals surface area contributed by atoms with Crippen molar-refractivity contribution in [1.29, 1.82) is 0 Å². The summed E-state index contributed by atoms with van der Waals surface area (Å²) in [5, 5.41) is 5.02. The van der Waals surface area contributed by atoms with Gasteiger partial charge in [0.05, 0.1) is 25.7 Å². The Kier molecular flexibility index (Phi) is 6.90. The maximum Gasteiger partial charge on any atom is 0.234 e. The van der Waals surface area contributed by atoms with Crippen LogP contribution in [-0.2, 0) is 17.6 Å². The number of thiophene rings is 1. The zero-order valence-corrected chi connectivity index (χ0v) is 20.8. The number of nitrogens with one attached hydrogen (secondary N) is 1. The summed E-state index contributed by atoms with van der Waals surface area (Å²) in [6.45, 7) is 6.52. The molecule has 2 heterocycles. The van der Waals surface area contributed by atoms with Crippen LogP contribution in [0.3, 0.4) is 0 Å². The Morgan fingerprint density at radius 3 is 2.81 bits per heavy atom. The van der Waals surface area contributed by atoms with Crippen molar-refractivity contribution in [3.63, 3.8) is 0 Å². The highest BCUT2D eigenvalue weighted by atomic mass is 32.2. The van der Waals surface area contributed by atoms with Crippen molar-refractivity contribution in [1.82, 2.24) is 9.97 Å². The van der Waals surface area contributed by atoms with Gasteiger partial charge in [0.1, 0.15) is 27.2 Å². The molecule has 0 bridgehead atoms. The van der Waals surface area contributed by atoms with E-state index in [1.54, 1.807) is 43.8 Å². The number of benzene rings is 1. The molecule has 0 saturated carbocycles. The van der Waals surface area contributed by atoms with E-state index in [9.17, 15) is 4.79 Å². The largest absolute Gasteiger partial charge is 0.497 e. The van der Waals surface area contributed by atoms with Crippen LogP contribution in [0.1, 0.15) is 49.4 Å². The van der Waals surface area contributed by atoms with E-state index in [0.717, 1.165) is 33.9 Å². The highest BCUT2D eigenvalue weighted by molar-refractivity contribution is 8.00. The Balaban J connectivity index is 1.58. The molecule has 1 aromatic carbocycles. The summed E-state index contributed by atoms with van der Waals surface area (Å²) < 4.78 is 10.6. The molecule has 2 aromatic heterocycles. The van der Waals surface area contributed by atoms with Crippen LogP contribution in [0.15, 0.2) is 23.2 Å². The van der Waals surface area contributed by atoms with Crippen molar-refractivity contribution in [3.05, 3.63) is 34.5 Å². The van der Waals surface area contributed by atoms with Crippen LogP contribution in [0, 0.1) is 5.92 Å². The quantitative estimate of drug-likeness (QED) is 0.353. The number of nitrogens with zero attached hydrogens (tertiary/aromatic N) is 2. The van der Waals surface area contributed by atoms with Gasteiger partial charge in [-0.25, -0.2) is 9.97 Å². The molecule has 0 spiro atoms. The lowest BCUT2D eigenvalue weighted by molar-refractivity contribution is -0.113. The van der Waals surface area contributed by atoms with E-state index >= 15 is 0 Å². The van der Waals surface area contributed by atoms with Gasteiger partial charge in [0.2, 0.25) is 5.91 Å². The first-order chi connectivity index (χ1) is 15.4.